The summed E-state index contributed by atoms with van der Waals surface area (Å²) in [4.78, 5) is 25.7. The van der Waals surface area contributed by atoms with E-state index in [9.17, 15) is 14.7 Å². The SMILES string of the molecule is Cc1cc(C(=O)O)cc(C(=O)N2CCC(Oc3ccccc3Cl)CC2)c1. The van der Waals surface area contributed by atoms with Gasteiger partial charge in [0.1, 0.15) is 11.9 Å². The molecule has 0 radical (unpaired) electrons. The molecule has 1 saturated heterocycles. The van der Waals surface area contributed by atoms with Crippen molar-refractivity contribution in [3.05, 3.63) is 64.2 Å². The van der Waals surface area contributed by atoms with E-state index in [0.717, 1.165) is 5.56 Å². The Morgan fingerprint density at radius 1 is 1.12 bits per heavy atom. The zero-order valence-electron chi connectivity index (χ0n) is 14.4. The minimum Gasteiger partial charge on any atom is -0.489 e. The van der Waals surface area contributed by atoms with Crippen LogP contribution >= 0.6 is 11.6 Å². The first kappa shape index (κ1) is 18.3. The number of carboxylic acids is 1. The summed E-state index contributed by atoms with van der Waals surface area (Å²) in [6.07, 6.45) is 1.41. The van der Waals surface area contributed by atoms with Crippen molar-refractivity contribution in [3.63, 3.8) is 0 Å². The minimum atomic E-state index is -1.03. The van der Waals surface area contributed by atoms with Crippen molar-refractivity contribution in [1.29, 1.82) is 0 Å². The smallest absolute Gasteiger partial charge is 0.335 e. The molecule has 1 aliphatic heterocycles. The largest absolute Gasteiger partial charge is 0.489 e. The number of nitrogens with zero attached hydrogens (tertiary/aromatic N) is 1. The van der Waals surface area contributed by atoms with E-state index in [1.807, 2.05) is 18.2 Å². The highest BCUT2D eigenvalue weighted by Gasteiger charge is 2.25. The maximum Gasteiger partial charge on any atom is 0.335 e. The van der Waals surface area contributed by atoms with Crippen LogP contribution in [-0.2, 0) is 0 Å². The third-order valence-corrected chi connectivity index (χ3v) is 4.74. The standard InChI is InChI=1S/C20H20ClNO4/c1-13-10-14(12-15(11-13)20(24)25)19(23)22-8-6-16(7-9-22)26-18-5-3-2-4-17(18)21/h2-5,10-12,16H,6-9H2,1H3,(H,24,25). The number of para-hydroxylation sites is 1. The number of aromatic carboxylic acids is 1. The zero-order chi connectivity index (χ0) is 18.7. The molecule has 2 aromatic carbocycles. The predicted molar refractivity (Wildman–Crippen MR) is 99.1 cm³/mol. The molecule has 136 valence electrons. The number of amides is 1. The first-order chi connectivity index (χ1) is 12.4. The summed E-state index contributed by atoms with van der Waals surface area (Å²) in [5.41, 5.74) is 1.29. The molecule has 1 aliphatic rings. The van der Waals surface area contributed by atoms with Gasteiger partial charge in [-0.1, -0.05) is 23.7 Å². The number of carbonyl (C=O) groups excluding carboxylic acids is 1. The van der Waals surface area contributed by atoms with Gasteiger partial charge in [0, 0.05) is 31.5 Å². The summed E-state index contributed by atoms with van der Waals surface area (Å²) in [7, 11) is 0. The molecule has 1 fully saturated rings. The van der Waals surface area contributed by atoms with Crippen LogP contribution in [0, 0.1) is 6.92 Å². The lowest BCUT2D eigenvalue weighted by Gasteiger charge is -2.32. The van der Waals surface area contributed by atoms with E-state index in [0.29, 0.717) is 42.3 Å². The number of hydrogen-bond donors (Lipinski definition) is 1. The lowest BCUT2D eigenvalue weighted by Crippen LogP contribution is -2.41. The van der Waals surface area contributed by atoms with Gasteiger partial charge in [-0.2, -0.15) is 0 Å². The van der Waals surface area contributed by atoms with E-state index in [-0.39, 0.29) is 17.6 Å². The Hall–Kier alpha value is -2.53. The van der Waals surface area contributed by atoms with Gasteiger partial charge in [-0.15, -0.1) is 0 Å². The van der Waals surface area contributed by atoms with Crippen molar-refractivity contribution in [2.75, 3.05) is 13.1 Å². The summed E-state index contributed by atoms with van der Waals surface area (Å²) in [5.74, 6) is -0.522. The van der Waals surface area contributed by atoms with Crippen LogP contribution in [0.4, 0.5) is 0 Å². The molecule has 0 aromatic heterocycles. The molecular formula is C20H20ClNO4. The lowest BCUT2D eigenvalue weighted by molar-refractivity contribution is 0.0595. The maximum absolute atomic E-state index is 12.7. The van der Waals surface area contributed by atoms with Gasteiger partial charge in [-0.25, -0.2) is 4.79 Å². The molecule has 6 heteroatoms. The van der Waals surface area contributed by atoms with Crippen LogP contribution in [0.15, 0.2) is 42.5 Å². The summed E-state index contributed by atoms with van der Waals surface area (Å²) in [5, 5.41) is 9.75. The molecule has 1 heterocycles. The topological polar surface area (TPSA) is 66.8 Å². The number of piperidine rings is 1. The van der Waals surface area contributed by atoms with Crippen LogP contribution in [-0.4, -0.2) is 41.1 Å². The number of ether oxygens (including phenoxy) is 1. The second-order valence-corrected chi connectivity index (χ2v) is 6.84. The number of benzene rings is 2. The van der Waals surface area contributed by atoms with Crippen molar-refractivity contribution in [2.45, 2.75) is 25.9 Å². The number of rotatable bonds is 4. The van der Waals surface area contributed by atoms with Gasteiger partial charge in [-0.3, -0.25) is 4.79 Å². The van der Waals surface area contributed by atoms with E-state index < -0.39 is 5.97 Å². The van der Waals surface area contributed by atoms with Gasteiger partial charge < -0.3 is 14.7 Å². The first-order valence-electron chi connectivity index (χ1n) is 8.49. The van der Waals surface area contributed by atoms with Crippen molar-refractivity contribution < 1.29 is 19.4 Å². The van der Waals surface area contributed by atoms with Crippen molar-refractivity contribution in [3.8, 4) is 5.75 Å². The number of likely N-dealkylation sites (tertiary alicyclic amines) is 1. The molecule has 0 bridgehead atoms. The predicted octanol–water partition coefficient (Wildman–Crippen LogP) is 4.03. The molecule has 1 amide bonds. The van der Waals surface area contributed by atoms with E-state index in [1.54, 1.807) is 30.0 Å². The molecule has 1 N–H and O–H groups in total. The van der Waals surface area contributed by atoms with Crippen molar-refractivity contribution in [1.82, 2.24) is 4.90 Å². The fraction of sp³-hybridized carbons (Fsp3) is 0.300. The molecular weight excluding hydrogens is 354 g/mol. The Balaban J connectivity index is 1.64. The lowest BCUT2D eigenvalue weighted by atomic mass is 10.0. The number of halogens is 1. The quantitative estimate of drug-likeness (QED) is 0.878. The van der Waals surface area contributed by atoms with Crippen LogP contribution in [0.1, 0.15) is 39.1 Å². The Bertz CT molecular complexity index is 828. The number of hydrogen-bond acceptors (Lipinski definition) is 3. The summed E-state index contributed by atoms with van der Waals surface area (Å²) >= 11 is 6.12. The first-order valence-corrected chi connectivity index (χ1v) is 8.87. The second-order valence-electron chi connectivity index (χ2n) is 6.43. The zero-order valence-corrected chi connectivity index (χ0v) is 15.2. The normalized spacial score (nSPS) is 14.9. The fourth-order valence-electron chi connectivity index (χ4n) is 3.11. The molecule has 0 atom stereocenters. The van der Waals surface area contributed by atoms with Crippen molar-refractivity contribution >= 4 is 23.5 Å². The number of carboxylic acid groups (broad SMARTS) is 1. The van der Waals surface area contributed by atoms with Gasteiger partial charge in [0.05, 0.1) is 10.6 Å². The van der Waals surface area contributed by atoms with E-state index >= 15 is 0 Å². The Morgan fingerprint density at radius 2 is 1.77 bits per heavy atom. The van der Waals surface area contributed by atoms with Gasteiger partial charge in [0.15, 0.2) is 0 Å². The minimum absolute atomic E-state index is 0.00559. The van der Waals surface area contributed by atoms with Gasteiger partial charge in [-0.05, 0) is 42.8 Å². The Kier molecular flexibility index (Phi) is 5.47. The van der Waals surface area contributed by atoms with Gasteiger partial charge in [0.25, 0.3) is 5.91 Å². The van der Waals surface area contributed by atoms with E-state index in [1.165, 1.54) is 6.07 Å². The van der Waals surface area contributed by atoms with Crippen LogP contribution < -0.4 is 4.74 Å². The van der Waals surface area contributed by atoms with Gasteiger partial charge in [0.2, 0.25) is 0 Å². The van der Waals surface area contributed by atoms with Crippen molar-refractivity contribution in [2.24, 2.45) is 0 Å². The van der Waals surface area contributed by atoms with Crippen LogP contribution in [0.5, 0.6) is 5.75 Å². The van der Waals surface area contributed by atoms with E-state index in [2.05, 4.69) is 0 Å². The molecule has 0 saturated carbocycles. The molecule has 2 aromatic rings. The third kappa shape index (κ3) is 4.17. The molecule has 0 spiro atoms. The summed E-state index contributed by atoms with van der Waals surface area (Å²) < 4.78 is 5.94. The average molecular weight is 374 g/mol. The van der Waals surface area contributed by atoms with Crippen LogP contribution in [0.25, 0.3) is 0 Å². The number of aryl methyl sites for hydroxylation is 1. The highest BCUT2D eigenvalue weighted by atomic mass is 35.5. The second kappa shape index (κ2) is 7.79. The monoisotopic (exact) mass is 373 g/mol. The van der Waals surface area contributed by atoms with Gasteiger partial charge >= 0.3 is 5.97 Å². The summed E-state index contributed by atoms with van der Waals surface area (Å²) in [6, 6.07) is 12.1. The molecule has 26 heavy (non-hydrogen) atoms. The molecule has 0 aliphatic carbocycles. The molecule has 3 rings (SSSR count). The highest BCUT2D eigenvalue weighted by Crippen LogP contribution is 2.27. The average Bonchev–Trinajstić information content (AvgIpc) is 2.63. The number of carbonyl (C=O) groups is 2. The van der Waals surface area contributed by atoms with E-state index in [4.69, 9.17) is 16.3 Å². The Labute approximate surface area is 157 Å². The fourth-order valence-corrected chi connectivity index (χ4v) is 3.29. The van der Waals surface area contributed by atoms with Crippen LogP contribution in [0.3, 0.4) is 0 Å². The highest BCUT2D eigenvalue weighted by molar-refractivity contribution is 6.32. The Morgan fingerprint density at radius 3 is 2.42 bits per heavy atom. The van der Waals surface area contributed by atoms with Crippen LogP contribution in [0.2, 0.25) is 5.02 Å². The summed E-state index contributed by atoms with van der Waals surface area (Å²) in [6.45, 7) is 2.90. The molecule has 5 nitrogen and oxygen atoms in total. The molecule has 0 unspecified atom stereocenters. The third-order valence-electron chi connectivity index (χ3n) is 4.43. The maximum atomic E-state index is 12.7.